The van der Waals surface area contributed by atoms with E-state index in [0.29, 0.717) is 29.7 Å². The molecule has 1 saturated heterocycles. The summed E-state index contributed by atoms with van der Waals surface area (Å²) in [6, 6.07) is 10.6. The molecule has 1 aliphatic heterocycles. The highest BCUT2D eigenvalue weighted by Crippen LogP contribution is 2.29. The Hall–Kier alpha value is -2.81. The quantitative estimate of drug-likeness (QED) is 0.431. The van der Waals surface area contributed by atoms with Crippen LogP contribution in [0.5, 0.6) is 5.75 Å². The van der Waals surface area contributed by atoms with Gasteiger partial charge >= 0.3 is 0 Å². The molecule has 0 unspecified atom stereocenters. The van der Waals surface area contributed by atoms with Gasteiger partial charge in [0.25, 0.3) is 5.91 Å². The van der Waals surface area contributed by atoms with Crippen molar-refractivity contribution in [1.82, 2.24) is 4.31 Å². The maximum Gasteiger partial charge on any atom is 0.267 e. The van der Waals surface area contributed by atoms with Gasteiger partial charge in [0.2, 0.25) is 10.0 Å². The van der Waals surface area contributed by atoms with Gasteiger partial charge in [0, 0.05) is 25.0 Å². The minimum atomic E-state index is -3.75. The van der Waals surface area contributed by atoms with Crippen molar-refractivity contribution in [3.8, 4) is 11.8 Å². The van der Waals surface area contributed by atoms with E-state index in [1.807, 2.05) is 0 Å². The van der Waals surface area contributed by atoms with Crippen molar-refractivity contribution in [3.63, 3.8) is 0 Å². The zero-order valence-electron chi connectivity index (χ0n) is 17.5. The van der Waals surface area contributed by atoms with Crippen LogP contribution in [0.1, 0.15) is 0 Å². The van der Waals surface area contributed by atoms with Crippen LogP contribution in [0.2, 0.25) is 10.0 Å². The molecule has 1 amide bonds. The summed E-state index contributed by atoms with van der Waals surface area (Å²) >= 11 is 12.2. The average Bonchev–Trinajstić information content (AvgIpc) is 2.81. The number of carbonyl (C=O) groups is 1. The van der Waals surface area contributed by atoms with Crippen LogP contribution in [0.4, 0.5) is 11.4 Å². The van der Waals surface area contributed by atoms with Crippen LogP contribution in [0.25, 0.3) is 0 Å². The van der Waals surface area contributed by atoms with Crippen molar-refractivity contribution in [2.45, 2.75) is 4.90 Å². The summed E-state index contributed by atoms with van der Waals surface area (Å²) in [5.74, 6) is -0.256. The fourth-order valence-corrected chi connectivity index (χ4v) is 4.82. The molecule has 174 valence electrons. The molecule has 2 aromatic rings. The number of carbonyl (C=O) groups excluding carboxylic acids is 1. The van der Waals surface area contributed by atoms with Crippen LogP contribution in [0.15, 0.2) is 53.1 Å². The molecule has 0 atom stereocenters. The number of amides is 1. The van der Waals surface area contributed by atoms with Crippen molar-refractivity contribution in [2.24, 2.45) is 0 Å². The summed E-state index contributed by atoms with van der Waals surface area (Å²) in [6.07, 6.45) is 1.15. The lowest BCUT2D eigenvalue weighted by Crippen LogP contribution is -2.40. The Balaban J connectivity index is 1.78. The zero-order valence-corrected chi connectivity index (χ0v) is 19.8. The molecule has 0 aliphatic carbocycles. The topological polar surface area (TPSA) is 121 Å². The van der Waals surface area contributed by atoms with Gasteiger partial charge in [-0.3, -0.25) is 4.79 Å². The Labute approximate surface area is 201 Å². The largest absolute Gasteiger partial charge is 0.495 e. The van der Waals surface area contributed by atoms with Gasteiger partial charge in [-0.15, -0.1) is 0 Å². The molecule has 2 aromatic carbocycles. The first-order valence-electron chi connectivity index (χ1n) is 9.65. The van der Waals surface area contributed by atoms with Crippen molar-refractivity contribution >= 4 is 50.5 Å². The number of nitrogens with one attached hydrogen (secondary N) is 2. The van der Waals surface area contributed by atoms with Gasteiger partial charge in [-0.25, -0.2) is 8.42 Å². The minimum Gasteiger partial charge on any atom is -0.495 e. The van der Waals surface area contributed by atoms with Gasteiger partial charge < -0.3 is 20.1 Å². The number of benzene rings is 2. The summed E-state index contributed by atoms with van der Waals surface area (Å²) in [5.41, 5.74) is 0.321. The molecule has 1 aliphatic rings. The zero-order chi connectivity index (χ0) is 24.0. The lowest BCUT2D eigenvalue weighted by Gasteiger charge is -2.26. The van der Waals surface area contributed by atoms with E-state index in [-0.39, 0.29) is 34.3 Å². The van der Waals surface area contributed by atoms with Crippen molar-refractivity contribution in [1.29, 1.82) is 5.26 Å². The van der Waals surface area contributed by atoms with E-state index in [2.05, 4.69) is 10.6 Å². The average molecular weight is 511 g/mol. The summed E-state index contributed by atoms with van der Waals surface area (Å²) in [5, 5.41) is 15.2. The number of nitriles is 1. The van der Waals surface area contributed by atoms with E-state index in [9.17, 15) is 18.5 Å². The maximum atomic E-state index is 12.9. The van der Waals surface area contributed by atoms with Crippen LogP contribution in [0.3, 0.4) is 0 Å². The molecule has 3 rings (SSSR count). The molecule has 12 heteroatoms. The molecule has 0 saturated carbocycles. The predicted octanol–water partition coefficient (Wildman–Crippen LogP) is 3.48. The number of anilines is 2. The molecule has 9 nitrogen and oxygen atoms in total. The second-order valence-corrected chi connectivity index (χ2v) is 9.53. The first-order chi connectivity index (χ1) is 15.8. The van der Waals surface area contributed by atoms with E-state index < -0.39 is 15.9 Å². The minimum absolute atomic E-state index is 0.0283. The number of hydrogen-bond acceptors (Lipinski definition) is 7. The third-order valence-corrected chi connectivity index (χ3v) is 7.21. The molecule has 1 fully saturated rings. The van der Waals surface area contributed by atoms with E-state index in [1.54, 1.807) is 18.2 Å². The Morgan fingerprint density at radius 1 is 1.18 bits per heavy atom. The van der Waals surface area contributed by atoms with Crippen molar-refractivity contribution in [2.75, 3.05) is 44.0 Å². The SMILES string of the molecule is COc1ccc(NC(=O)/C(C#N)=C\Nc2cc(S(=O)(=O)N3CCOCC3)ccc2Cl)cc1Cl. The molecule has 0 bridgehead atoms. The lowest BCUT2D eigenvalue weighted by molar-refractivity contribution is -0.112. The van der Waals surface area contributed by atoms with E-state index in [4.69, 9.17) is 32.7 Å². The molecular formula is C21H20Cl2N4O5S. The van der Waals surface area contributed by atoms with Crippen LogP contribution >= 0.6 is 23.2 Å². The van der Waals surface area contributed by atoms with E-state index in [0.717, 1.165) is 6.20 Å². The van der Waals surface area contributed by atoms with Crippen LogP contribution in [-0.2, 0) is 19.6 Å². The fourth-order valence-electron chi connectivity index (χ4n) is 2.95. The van der Waals surface area contributed by atoms with Gasteiger partial charge in [-0.05, 0) is 36.4 Å². The van der Waals surface area contributed by atoms with Gasteiger partial charge in [-0.1, -0.05) is 23.2 Å². The molecule has 0 spiro atoms. The normalized spacial score (nSPS) is 14.9. The Bertz CT molecular complexity index is 1220. The molecule has 0 radical (unpaired) electrons. The summed E-state index contributed by atoms with van der Waals surface area (Å²) < 4.78 is 37.3. The fraction of sp³-hybridized carbons (Fsp3) is 0.238. The molecular weight excluding hydrogens is 491 g/mol. The number of halogens is 2. The molecule has 33 heavy (non-hydrogen) atoms. The van der Waals surface area contributed by atoms with Gasteiger partial charge in [0.1, 0.15) is 17.4 Å². The van der Waals surface area contributed by atoms with E-state index >= 15 is 0 Å². The Kier molecular flexibility index (Phi) is 8.18. The smallest absolute Gasteiger partial charge is 0.267 e. The predicted molar refractivity (Wildman–Crippen MR) is 125 cm³/mol. The third-order valence-electron chi connectivity index (χ3n) is 4.69. The number of nitrogens with zero attached hydrogens (tertiary/aromatic N) is 2. The van der Waals surface area contributed by atoms with Gasteiger partial charge in [-0.2, -0.15) is 9.57 Å². The second kappa shape index (κ2) is 10.9. The standard InChI is InChI=1S/C21H20Cl2N4O5S/c1-31-20-5-2-15(10-18(20)23)26-21(28)14(12-24)13-25-19-11-16(3-4-17(19)22)33(29,30)27-6-8-32-9-7-27/h2-5,10-11,13,25H,6-9H2,1H3,(H,26,28)/b14-13-. The highest BCUT2D eigenvalue weighted by molar-refractivity contribution is 7.89. The molecule has 0 aromatic heterocycles. The number of methoxy groups -OCH3 is 1. The van der Waals surface area contributed by atoms with Crippen LogP contribution in [0, 0.1) is 11.3 Å². The second-order valence-electron chi connectivity index (χ2n) is 6.78. The van der Waals surface area contributed by atoms with Crippen molar-refractivity contribution in [3.05, 3.63) is 58.2 Å². The summed E-state index contributed by atoms with van der Waals surface area (Å²) in [4.78, 5) is 12.5. The van der Waals surface area contributed by atoms with E-state index in [1.165, 1.54) is 35.7 Å². The highest BCUT2D eigenvalue weighted by Gasteiger charge is 2.26. The number of sulfonamides is 1. The molecule has 2 N–H and O–H groups in total. The first kappa shape index (κ1) is 24.8. The lowest BCUT2D eigenvalue weighted by atomic mass is 10.2. The first-order valence-corrected chi connectivity index (χ1v) is 11.8. The van der Waals surface area contributed by atoms with Gasteiger partial charge in [0.15, 0.2) is 0 Å². The van der Waals surface area contributed by atoms with Crippen LogP contribution < -0.4 is 15.4 Å². The number of morpholine rings is 1. The molecule has 1 heterocycles. The summed E-state index contributed by atoms with van der Waals surface area (Å²) in [6.45, 7) is 1.14. The Morgan fingerprint density at radius 2 is 1.91 bits per heavy atom. The van der Waals surface area contributed by atoms with Crippen molar-refractivity contribution < 1.29 is 22.7 Å². The van der Waals surface area contributed by atoms with Gasteiger partial charge in [0.05, 0.1) is 41.0 Å². The Morgan fingerprint density at radius 3 is 2.55 bits per heavy atom. The number of hydrogen-bond donors (Lipinski definition) is 2. The highest BCUT2D eigenvalue weighted by atomic mass is 35.5. The third kappa shape index (κ3) is 5.96. The van der Waals surface area contributed by atoms with Crippen LogP contribution in [-0.4, -0.2) is 52.0 Å². The number of rotatable bonds is 7. The summed E-state index contributed by atoms with van der Waals surface area (Å²) in [7, 11) is -2.28. The maximum absolute atomic E-state index is 12.9. The number of ether oxygens (including phenoxy) is 2. The monoisotopic (exact) mass is 510 g/mol.